The van der Waals surface area contributed by atoms with Crippen LogP contribution in [0.5, 0.6) is 0 Å². The Bertz CT molecular complexity index is 1290. The van der Waals surface area contributed by atoms with Crippen LogP contribution in [0.15, 0.2) is 87.5 Å². The lowest BCUT2D eigenvalue weighted by Crippen LogP contribution is -2.21. The molecule has 0 aliphatic carbocycles. The molecule has 0 bridgehead atoms. The summed E-state index contributed by atoms with van der Waals surface area (Å²) in [6.45, 7) is 2.50. The molecule has 4 aromatic rings. The highest BCUT2D eigenvalue weighted by atomic mass is 79.9. The van der Waals surface area contributed by atoms with E-state index in [9.17, 15) is 4.79 Å². The molecular formula is C24H20BrClN4OS. The van der Waals surface area contributed by atoms with Crippen molar-refractivity contribution in [3.05, 3.63) is 93.4 Å². The highest BCUT2D eigenvalue weighted by Crippen LogP contribution is 2.25. The van der Waals surface area contributed by atoms with E-state index in [0.29, 0.717) is 11.6 Å². The van der Waals surface area contributed by atoms with Crippen LogP contribution in [-0.4, -0.2) is 26.9 Å². The Kier molecular flexibility index (Phi) is 7.29. The highest BCUT2D eigenvalue weighted by Gasteiger charge is 2.13. The van der Waals surface area contributed by atoms with Crippen molar-refractivity contribution in [3.63, 3.8) is 0 Å². The number of carbonyl (C=O) groups is 1. The van der Waals surface area contributed by atoms with Crippen LogP contribution in [-0.2, 0) is 11.3 Å². The number of rotatable bonds is 7. The quantitative estimate of drug-likeness (QED) is 0.179. The molecule has 0 aliphatic heterocycles. The van der Waals surface area contributed by atoms with Crippen LogP contribution in [0.2, 0.25) is 5.02 Å². The molecule has 162 valence electrons. The van der Waals surface area contributed by atoms with Crippen molar-refractivity contribution in [1.82, 2.24) is 15.0 Å². The van der Waals surface area contributed by atoms with Gasteiger partial charge in [0.1, 0.15) is 0 Å². The zero-order valence-electron chi connectivity index (χ0n) is 17.3. The van der Waals surface area contributed by atoms with E-state index in [4.69, 9.17) is 16.6 Å². The topological polar surface area (TPSA) is 59.3 Å². The molecule has 0 atom stereocenters. The lowest BCUT2D eigenvalue weighted by Gasteiger charge is -2.09. The van der Waals surface area contributed by atoms with E-state index in [-0.39, 0.29) is 11.7 Å². The number of hydrazone groups is 1. The van der Waals surface area contributed by atoms with Crippen LogP contribution in [0.4, 0.5) is 0 Å². The van der Waals surface area contributed by atoms with Gasteiger partial charge in [0.15, 0.2) is 5.16 Å². The molecule has 1 amide bonds. The average molecular weight is 528 g/mol. The maximum Gasteiger partial charge on any atom is 0.250 e. The van der Waals surface area contributed by atoms with E-state index in [1.54, 1.807) is 0 Å². The molecule has 0 saturated heterocycles. The van der Waals surface area contributed by atoms with Gasteiger partial charge in [-0.3, -0.25) is 4.79 Å². The number of para-hydroxylation sites is 2. The van der Waals surface area contributed by atoms with Crippen molar-refractivity contribution < 1.29 is 4.79 Å². The Morgan fingerprint density at radius 2 is 1.91 bits per heavy atom. The van der Waals surface area contributed by atoms with Crippen LogP contribution in [0.1, 0.15) is 18.1 Å². The Balaban J connectivity index is 1.47. The summed E-state index contributed by atoms with van der Waals surface area (Å²) >= 11 is 10.9. The van der Waals surface area contributed by atoms with Gasteiger partial charge in [-0.1, -0.05) is 75.7 Å². The van der Waals surface area contributed by atoms with Crippen LogP contribution < -0.4 is 5.43 Å². The van der Waals surface area contributed by atoms with Gasteiger partial charge in [-0.25, -0.2) is 10.4 Å². The van der Waals surface area contributed by atoms with Gasteiger partial charge in [0.25, 0.3) is 5.91 Å². The second-order valence-electron chi connectivity index (χ2n) is 7.13. The second kappa shape index (κ2) is 10.3. The number of fused-ring (bicyclic) bond motifs is 1. The Morgan fingerprint density at radius 1 is 1.12 bits per heavy atom. The predicted octanol–water partition coefficient (Wildman–Crippen LogP) is 6.13. The van der Waals surface area contributed by atoms with Crippen LogP contribution >= 0.6 is 39.3 Å². The number of aromatic nitrogens is 2. The maximum absolute atomic E-state index is 12.4. The Hall–Kier alpha value is -2.61. The van der Waals surface area contributed by atoms with E-state index in [1.807, 2.05) is 79.7 Å². The third-order valence-corrected chi connectivity index (χ3v) is 6.52. The van der Waals surface area contributed by atoms with Crippen molar-refractivity contribution >= 4 is 61.9 Å². The maximum atomic E-state index is 12.4. The number of hydrogen-bond acceptors (Lipinski definition) is 4. The largest absolute Gasteiger partial charge is 0.314 e. The summed E-state index contributed by atoms with van der Waals surface area (Å²) < 4.78 is 3.08. The molecule has 8 heteroatoms. The molecule has 0 radical (unpaired) electrons. The highest BCUT2D eigenvalue weighted by molar-refractivity contribution is 9.10. The van der Waals surface area contributed by atoms with Crippen molar-refractivity contribution in [2.45, 2.75) is 18.6 Å². The first-order chi connectivity index (χ1) is 15.5. The normalized spacial score (nSPS) is 11.7. The first-order valence-electron chi connectivity index (χ1n) is 9.91. The van der Waals surface area contributed by atoms with Gasteiger partial charge in [-0.2, -0.15) is 5.10 Å². The van der Waals surface area contributed by atoms with Gasteiger partial charge in [-0.05, 0) is 54.4 Å². The average Bonchev–Trinajstić information content (AvgIpc) is 3.15. The third kappa shape index (κ3) is 5.59. The van der Waals surface area contributed by atoms with Crippen LogP contribution in [0, 0.1) is 0 Å². The first kappa shape index (κ1) is 22.6. The molecule has 1 heterocycles. The molecule has 3 aromatic carbocycles. The lowest BCUT2D eigenvalue weighted by atomic mass is 10.1. The SMILES string of the molecule is C/C(=N\NC(=O)CSc1nc2ccccc2n1Cc1ccc(Cl)cc1)c1cccc(Br)c1. The van der Waals surface area contributed by atoms with Crippen LogP contribution in [0.25, 0.3) is 11.0 Å². The summed E-state index contributed by atoms with van der Waals surface area (Å²) in [6.07, 6.45) is 0. The number of amides is 1. The molecule has 1 N–H and O–H groups in total. The fourth-order valence-electron chi connectivity index (χ4n) is 3.18. The van der Waals surface area contributed by atoms with Crippen molar-refractivity contribution in [3.8, 4) is 0 Å². The molecule has 1 aromatic heterocycles. The van der Waals surface area contributed by atoms with Gasteiger partial charge in [0.2, 0.25) is 0 Å². The number of thioether (sulfide) groups is 1. The summed E-state index contributed by atoms with van der Waals surface area (Å²) in [7, 11) is 0. The van der Waals surface area contributed by atoms with Gasteiger partial charge in [0.05, 0.1) is 29.0 Å². The van der Waals surface area contributed by atoms with E-state index < -0.39 is 0 Å². The van der Waals surface area contributed by atoms with Crippen LogP contribution in [0.3, 0.4) is 0 Å². The second-order valence-corrected chi connectivity index (χ2v) is 9.42. The predicted molar refractivity (Wildman–Crippen MR) is 136 cm³/mol. The minimum atomic E-state index is -0.186. The fourth-order valence-corrected chi connectivity index (χ4v) is 4.51. The number of nitrogens with one attached hydrogen (secondary N) is 1. The Morgan fingerprint density at radius 3 is 2.69 bits per heavy atom. The minimum Gasteiger partial charge on any atom is -0.314 e. The van der Waals surface area contributed by atoms with Gasteiger partial charge in [0, 0.05) is 9.50 Å². The fraction of sp³-hybridized carbons (Fsp3) is 0.125. The van der Waals surface area contributed by atoms with Gasteiger partial charge >= 0.3 is 0 Å². The number of halogens is 2. The van der Waals surface area contributed by atoms with Crippen molar-refractivity contribution in [1.29, 1.82) is 0 Å². The van der Waals surface area contributed by atoms with E-state index >= 15 is 0 Å². The van der Waals surface area contributed by atoms with Crippen molar-refractivity contribution in [2.75, 3.05) is 5.75 Å². The minimum absolute atomic E-state index is 0.186. The van der Waals surface area contributed by atoms with Crippen molar-refractivity contribution in [2.24, 2.45) is 5.10 Å². The molecule has 0 aliphatic rings. The molecule has 0 saturated carbocycles. The molecule has 0 fully saturated rings. The zero-order chi connectivity index (χ0) is 22.5. The molecule has 0 spiro atoms. The summed E-state index contributed by atoms with van der Waals surface area (Å²) in [5.41, 5.74) is 7.35. The number of benzene rings is 3. The van der Waals surface area contributed by atoms with E-state index in [1.165, 1.54) is 11.8 Å². The monoisotopic (exact) mass is 526 g/mol. The number of carbonyl (C=O) groups excluding carboxylic acids is 1. The van der Waals surface area contributed by atoms with E-state index in [2.05, 4.69) is 31.0 Å². The zero-order valence-corrected chi connectivity index (χ0v) is 20.4. The number of hydrogen-bond donors (Lipinski definition) is 1. The van der Waals surface area contributed by atoms with Gasteiger partial charge < -0.3 is 4.57 Å². The molecular weight excluding hydrogens is 508 g/mol. The molecule has 4 rings (SSSR count). The lowest BCUT2D eigenvalue weighted by molar-refractivity contribution is -0.118. The van der Waals surface area contributed by atoms with Gasteiger partial charge in [-0.15, -0.1) is 0 Å². The summed E-state index contributed by atoms with van der Waals surface area (Å²) in [5.74, 6) is 0.0218. The van der Waals surface area contributed by atoms with E-state index in [0.717, 1.165) is 37.5 Å². The Labute approximate surface area is 204 Å². The third-order valence-electron chi connectivity index (χ3n) is 4.80. The summed E-state index contributed by atoms with van der Waals surface area (Å²) in [5, 5.41) is 5.72. The number of imidazole rings is 1. The first-order valence-corrected chi connectivity index (χ1v) is 12.1. The molecule has 32 heavy (non-hydrogen) atoms. The number of nitrogens with zero attached hydrogens (tertiary/aromatic N) is 3. The molecule has 0 unspecified atom stereocenters. The summed E-state index contributed by atoms with van der Waals surface area (Å²) in [6, 6.07) is 23.5. The smallest absolute Gasteiger partial charge is 0.250 e. The summed E-state index contributed by atoms with van der Waals surface area (Å²) in [4.78, 5) is 17.2. The standard InChI is InChI=1S/C24H20BrClN4OS/c1-16(18-5-4-6-19(25)13-18)28-29-23(31)15-32-24-27-21-7-2-3-8-22(21)30(24)14-17-9-11-20(26)12-10-17/h2-13H,14-15H2,1H3,(H,29,31)/b28-16+. The molecule has 5 nitrogen and oxygen atoms in total.